The van der Waals surface area contributed by atoms with Gasteiger partial charge < -0.3 is 4.57 Å². The third kappa shape index (κ3) is 3.03. The fourth-order valence-electron chi connectivity index (χ4n) is 2.57. The van der Waals surface area contributed by atoms with Crippen LogP contribution >= 0.6 is 0 Å². The zero-order valence-corrected chi connectivity index (χ0v) is 11.6. The summed E-state index contributed by atoms with van der Waals surface area (Å²) >= 11 is 0. The first-order valence-corrected chi connectivity index (χ1v) is 6.94. The normalized spacial score (nSPS) is 12.6. The van der Waals surface area contributed by atoms with E-state index >= 15 is 0 Å². The lowest BCUT2D eigenvalue weighted by molar-refractivity contribution is 0.434. The van der Waals surface area contributed by atoms with Gasteiger partial charge in [0.05, 0.1) is 18.6 Å². The molecule has 19 heavy (non-hydrogen) atoms. The summed E-state index contributed by atoms with van der Waals surface area (Å²) in [7, 11) is 0. The monoisotopic (exact) mass is 260 g/mol. The Bertz CT molecular complexity index is 505. The van der Waals surface area contributed by atoms with E-state index in [1.807, 2.05) is 22.8 Å². The molecule has 2 aromatic rings. The molecule has 102 valence electrons. The van der Waals surface area contributed by atoms with Gasteiger partial charge in [0.1, 0.15) is 6.67 Å². The van der Waals surface area contributed by atoms with Crippen LogP contribution in [0.1, 0.15) is 38.3 Å². The van der Waals surface area contributed by atoms with Crippen LogP contribution in [0.15, 0.2) is 36.7 Å². The predicted molar refractivity (Wildman–Crippen MR) is 77.0 cm³/mol. The van der Waals surface area contributed by atoms with Crippen LogP contribution in [0.3, 0.4) is 0 Å². The van der Waals surface area contributed by atoms with Crippen molar-refractivity contribution >= 4 is 0 Å². The second-order valence-electron chi connectivity index (χ2n) is 4.92. The van der Waals surface area contributed by atoms with E-state index in [-0.39, 0.29) is 6.67 Å². The van der Waals surface area contributed by atoms with Crippen LogP contribution in [0.25, 0.3) is 11.3 Å². The summed E-state index contributed by atoms with van der Waals surface area (Å²) in [5, 5.41) is 0. The first-order chi connectivity index (χ1) is 9.27. The highest BCUT2D eigenvalue weighted by Gasteiger charge is 2.17. The van der Waals surface area contributed by atoms with E-state index in [4.69, 9.17) is 0 Å². The van der Waals surface area contributed by atoms with Crippen molar-refractivity contribution in [2.24, 2.45) is 0 Å². The van der Waals surface area contributed by atoms with Gasteiger partial charge in [0, 0.05) is 11.3 Å². The number of hydrogen-bond donors (Lipinski definition) is 0. The van der Waals surface area contributed by atoms with E-state index in [2.05, 4.69) is 31.0 Å². The van der Waals surface area contributed by atoms with Gasteiger partial charge in [-0.1, -0.05) is 50.6 Å². The summed E-state index contributed by atoms with van der Waals surface area (Å²) in [5.74, 6) is 0.397. The van der Waals surface area contributed by atoms with E-state index in [0.717, 1.165) is 29.8 Å². The minimum Gasteiger partial charge on any atom is -0.331 e. The van der Waals surface area contributed by atoms with Crippen molar-refractivity contribution in [3.05, 3.63) is 42.4 Å². The van der Waals surface area contributed by atoms with E-state index in [9.17, 15) is 4.39 Å². The molecule has 1 atom stereocenters. The average molecular weight is 260 g/mol. The standard InChI is InChI=1S/C16H21FN2/c1-3-7-13(2)16-15(14-8-5-4-6-9-14)18-12-19(16)11-10-17/h4-6,8-9,12-13H,3,7,10-11H2,1-2H3. The molecule has 0 saturated carbocycles. The van der Waals surface area contributed by atoms with Crippen molar-refractivity contribution in [3.8, 4) is 11.3 Å². The van der Waals surface area contributed by atoms with Gasteiger partial charge in [-0.25, -0.2) is 9.37 Å². The molecule has 3 heteroatoms. The van der Waals surface area contributed by atoms with E-state index in [1.54, 1.807) is 6.33 Å². The molecule has 2 rings (SSSR count). The molecule has 1 heterocycles. The maximum absolute atomic E-state index is 12.7. The van der Waals surface area contributed by atoms with E-state index < -0.39 is 0 Å². The summed E-state index contributed by atoms with van der Waals surface area (Å²) < 4.78 is 14.6. The molecule has 0 spiro atoms. The van der Waals surface area contributed by atoms with Gasteiger partial charge in [0.15, 0.2) is 0 Å². The van der Waals surface area contributed by atoms with Gasteiger partial charge in [-0.05, 0) is 12.3 Å². The Labute approximate surface area is 114 Å². The van der Waals surface area contributed by atoms with Crippen LogP contribution in [0, 0.1) is 0 Å². The van der Waals surface area contributed by atoms with Gasteiger partial charge >= 0.3 is 0 Å². The molecule has 0 aliphatic heterocycles. The summed E-state index contributed by atoms with van der Waals surface area (Å²) in [4.78, 5) is 4.50. The summed E-state index contributed by atoms with van der Waals surface area (Å²) in [5.41, 5.74) is 3.26. The number of alkyl halides is 1. The Balaban J connectivity index is 2.43. The van der Waals surface area contributed by atoms with Crippen LogP contribution in [0.5, 0.6) is 0 Å². The lowest BCUT2D eigenvalue weighted by Crippen LogP contribution is -2.07. The summed E-state index contributed by atoms with van der Waals surface area (Å²) in [6.45, 7) is 4.41. The number of hydrogen-bond acceptors (Lipinski definition) is 1. The van der Waals surface area contributed by atoms with Crippen molar-refractivity contribution in [2.75, 3.05) is 6.67 Å². The number of aryl methyl sites for hydroxylation is 1. The van der Waals surface area contributed by atoms with Gasteiger partial charge in [-0.3, -0.25) is 0 Å². The highest BCUT2D eigenvalue weighted by molar-refractivity contribution is 5.62. The topological polar surface area (TPSA) is 17.8 Å². The average Bonchev–Trinajstić information content (AvgIpc) is 2.84. The molecule has 2 nitrogen and oxygen atoms in total. The molecule has 0 saturated heterocycles. The molecule has 1 aromatic heterocycles. The Morgan fingerprint density at radius 1 is 1.26 bits per heavy atom. The molecule has 1 unspecified atom stereocenters. The fourth-order valence-corrected chi connectivity index (χ4v) is 2.57. The lowest BCUT2D eigenvalue weighted by Gasteiger charge is -2.15. The van der Waals surface area contributed by atoms with Gasteiger partial charge in [0.25, 0.3) is 0 Å². The van der Waals surface area contributed by atoms with Crippen molar-refractivity contribution in [2.45, 2.75) is 39.2 Å². The summed E-state index contributed by atoms with van der Waals surface area (Å²) in [6.07, 6.45) is 3.98. The first-order valence-electron chi connectivity index (χ1n) is 6.94. The zero-order valence-electron chi connectivity index (χ0n) is 11.6. The highest BCUT2D eigenvalue weighted by atomic mass is 19.1. The molecule has 0 N–H and O–H groups in total. The maximum atomic E-state index is 12.7. The Morgan fingerprint density at radius 3 is 2.63 bits per heavy atom. The number of rotatable bonds is 6. The number of aromatic nitrogens is 2. The number of nitrogens with zero attached hydrogens (tertiary/aromatic N) is 2. The van der Waals surface area contributed by atoms with Gasteiger partial charge in [-0.2, -0.15) is 0 Å². The smallest absolute Gasteiger partial charge is 0.107 e. The van der Waals surface area contributed by atoms with Crippen LogP contribution < -0.4 is 0 Å². The summed E-state index contributed by atoms with van der Waals surface area (Å²) in [6, 6.07) is 10.1. The number of benzene rings is 1. The minimum atomic E-state index is -0.351. The number of halogens is 1. The quantitative estimate of drug-likeness (QED) is 0.751. The zero-order chi connectivity index (χ0) is 13.7. The Kier molecular flexibility index (Phi) is 4.72. The molecule has 1 aromatic carbocycles. The third-order valence-electron chi connectivity index (χ3n) is 3.44. The molecule has 0 bridgehead atoms. The molecular formula is C16H21FN2. The Morgan fingerprint density at radius 2 is 2.00 bits per heavy atom. The third-order valence-corrected chi connectivity index (χ3v) is 3.44. The first kappa shape index (κ1) is 13.8. The molecule has 0 radical (unpaired) electrons. The highest BCUT2D eigenvalue weighted by Crippen LogP contribution is 2.30. The van der Waals surface area contributed by atoms with Crippen LogP contribution in [0.4, 0.5) is 4.39 Å². The molecule has 0 aliphatic carbocycles. The minimum absolute atomic E-state index is 0.351. The molecular weight excluding hydrogens is 239 g/mol. The molecule has 0 amide bonds. The molecule has 0 aliphatic rings. The van der Waals surface area contributed by atoms with Crippen molar-refractivity contribution in [3.63, 3.8) is 0 Å². The molecule has 0 fully saturated rings. The SMILES string of the molecule is CCCC(C)c1c(-c2ccccc2)ncn1CCF. The Hall–Kier alpha value is -1.64. The van der Waals surface area contributed by atoms with Crippen LogP contribution in [-0.4, -0.2) is 16.2 Å². The second-order valence-corrected chi connectivity index (χ2v) is 4.92. The number of imidazole rings is 1. The fraction of sp³-hybridized carbons (Fsp3) is 0.438. The van der Waals surface area contributed by atoms with Crippen LogP contribution in [0.2, 0.25) is 0 Å². The van der Waals surface area contributed by atoms with E-state index in [1.165, 1.54) is 0 Å². The lowest BCUT2D eigenvalue weighted by atomic mass is 9.97. The van der Waals surface area contributed by atoms with E-state index in [0.29, 0.717) is 12.5 Å². The van der Waals surface area contributed by atoms with Crippen molar-refractivity contribution < 1.29 is 4.39 Å². The van der Waals surface area contributed by atoms with Crippen molar-refractivity contribution in [1.29, 1.82) is 0 Å². The largest absolute Gasteiger partial charge is 0.331 e. The van der Waals surface area contributed by atoms with Crippen molar-refractivity contribution in [1.82, 2.24) is 9.55 Å². The second kappa shape index (κ2) is 6.50. The van der Waals surface area contributed by atoms with Crippen LogP contribution in [-0.2, 0) is 6.54 Å². The maximum Gasteiger partial charge on any atom is 0.107 e. The van der Waals surface area contributed by atoms with Gasteiger partial charge in [-0.15, -0.1) is 0 Å². The van der Waals surface area contributed by atoms with Gasteiger partial charge in [0.2, 0.25) is 0 Å². The predicted octanol–water partition coefficient (Wildman–Crippen LogP) is 4.42.